The Bertz CT molecular complexity index is 690. The molecule has 2 saturated heterocycles. The second-order valence-corrected chi connectivity index (χ2v) is 20.0. The minimum Gasteiger partial charge on any atom is -0.282 e. The number of hydrogen-bond acceptors (Lipinski definition) is 10. The number of carbonyl (C=O) groups is 2. The van der Waals surface area contributed by atoms with Crippen LogP contribution in [0.2, 0.25) is 0 Å². The third-order valence-electron chi connectivity index (χ3n) is 6.30. The highest BCUT2D eigenvalue weighted by atomic mass is 32.2. The van der Waals surface area contributed by atoms with Crippen molar-refractivity contribution in [1.29, 1.82) is 0 Å². The van der Waals surface area contributed by atoms with Crippen molar-refractivity contribution in [2.24, 2.45) is 11.8 Å². The molecule has 2 aliphatic heterocycles. The zero-order valence-corrected chi connectivity index (χ0v) is 28.0. The van der Waals surface area contributed by atoms with Crippen molar-refractivity contribution in [3.8, 4) is 0 Å². The van der Waals surface area contributed by atoms with Gasteiger partial charge in [0.25, 0.3) is 0 Å². The molecule has 0 N–H and O–H groups in total. The number of thioether (sulfide) groups is 8. The normalized spacial score (nSPS) is 30.4. The fourth-order valence-electron chi connectivity index (χ4n) is 4.18. The quantitative estimate of drug-likeness (QED) is 0.173. The minimum atomic E-state index is 0.153. The monoisotopic (exact) mass is 640 g/mol. The molecule has 3 aliphatic rings. The maximum Gasteiger partial charge on any atom is 0.214 e. The summed E-state index contributed by atoms with van der Waals surface area (Å²) in [4.78, 5) is 23.5. The molecule has 36 heavy (non-hydrogen) atoms. The summed E-state index contributed by atoms with van der Waals surface area (Å²) >= 11 is 15.6. The van der Waals surface area contributed by atoms with Crippen LogP contribution >= 0.6 is 94.1 Å². The van der Waals surface area contributed by atoms with Gasteiger partial charge in [-0.05, 0) is 74.0 Å². The topological polar surface area (TPSA) is 34.1 Å². The van der Waals surface area contributed by atoms with Crippen molar-refractivity contribution in [1.82, 2.24) is 0 Å². The molecule has 0 amide bonds. The van der Waals surface area contributed by atoms with E-state index in [1.54, 1.807) is 13.8 Å². The maximum atomic E-state index is 11.8. The predicted octanol–water partition coefficient (Wildman–Crippen LogP) is 8.28. The van der Waals surface area contributed by atoms with Crippen molar-refractivity contribution < 1.29 is 9.59 Å². The highest BCUT2D eigenvalue weighted by Crippen LogP contribution is 2.43. The van der Waals surface area contributed by atoms with Gasteiger partial charge in [0, 0.05) is 45.0 Å². The minimum absolute atomic E-state index is 0.153. The highest BCUT2D eigenvalue weighted by Gasteiger charge is 2.29. The molecule has 2 heterocycles. The molecule has 4 unspecified atom stereocenters. The van der Waals surface area contributed by atoms with E-state index in [9.17, 15) is 9.59 Å². The third-order valence-corrected chi connectivity index (χ3v) is 19.0. The SMILES string of the molecule is C=C(C)C(=O)SCC1CSC(CSCC2CCC(CSCC3SCC(CSC(=O)C(=C)C)S3)CC2)S1. The van der Waals surface area contributed by atoms with Gasteiger partial charge >= 0.3 is 0 Å². The van der Waals surface area contributed by atoms with E-state index in [0.717, 1.165) is 23.3 Å². The van der Waals surface area contributed by atoms with Gasteiger partial charge in [0.2, 0.25) is 10.2 Å². The molecule has 4 atom stereocenters. The molecule has 0 bridgehead atoms. The largest absolute Gasteiger partial charge is 0.282 e. The lowest BCUT2D eigenvalue weighted by molar-refractivity contribution is -0.108. The van der Waals surface area contributed by atoms with E-state index in [1.165, 1.54) is 83.7 Å². The van der Waals surface area contributed by atoms with E-state index in [4.69, 9.17) is 0 Å². The van der Waals surface area contributed by atoms with Crippen LogP contribution in [-0.4, -0.2) is 75.9 Å². The summed E-state index contributed by atoms with van der Waals surface area (Å²) in [6.45, 7) is 11.1. The predicted molar refractivity (Wildman–Crippen MR) is 180 cm³/mol. The van der Waals surface area contributed by atoms with Gasteiger partial charge < -0.3 is 0 Å². The third kappa shape index (κ3) is 12.0. The van der Waals surface area contributed by atoms with Gasteiger partial charge in [0.05, 0.1) is 9.16 Å². The van der Waals surface area contributed by atoms with Crippen molar-refractivity contribution in [2.45, 2.75) is 59.2 Å². The summed E-state index contributed by atoms with van der Waals surface area (Å²) in [5.41, 5.74) is 1.33. The van der Waals surface area contributed by atoms with Gasteiger partial charge in [-0.1, -0.05) is 36.7 Å². The smallest absolute Gasteiger partial charge is 0.214 e. The zero-order chi connectivity index (χ0) is 25.9. The summed E-state index contributed by atoms with van der Waals surface area (Å²) in [6, 6.07) is 0. The van der Waals surface area contributed by atoms with Crippen molar-refractivity contribution in [3.05, 3.63) is 24.3 Å². The van der Waals surface area contributed by atoms with Gasteiger partial charge in [-0.3, -0.25) is 9.59 Å². The fourth-order valence-corrected chi connectivity index (χ4v) is 16.6. The van der Waals surface area contributed by atoms with Crippen molar-refractivity contribution in [2.75, 3.05) is 46.0 Å². The molecule has 204 valence electrons. The molecule has 3 fully saturated rings. The zero-order valence-electron chi connectivity index (χ0n) is 21.4. The van der Waals surface area contributed by atoms with Gasteiger partial charge in [-0.15, -0.1) is 47.0 Å². The van der Waals surface area contributed by atoms with Gasteiger partial charge in [0.15, 0.2) is 0 Å². The van der Waals surface area contributed by atoms with Crippen molar-refractivity contribution >= 4 is 104 Å². The summed E-state index contributed by atoms with van der Waals surface area (Å²) < 4.78 is 1.40. The molecule has 1 aliphatic carbocycles. The molecule has 0 aromatic rings. The number of hydrogen-bond donors (Lipinski definition) is 0. The Hall–Kier alpha value is 1.62. The summed E-state index contributed by atoms with van der Waals surface area (Å²) in [7, 11) is 0. The Morgan fingerprint density at radius 1 is 0.667 bits per heavy atom. The summed E-state index contributed by atoms with van der Waals surface area (Å²) in [5.74, 6) is 11.2. The van der Waals surface area contributed by atoms with Crippen LogP contribution in [-0.2, 0) is 9.59 Å². The average molecular weight is 641 g/mol. The highest BCUT2D eigenvalue weighted by molar-refractivity contribution is 8.23. The molecule has 1 saturated carbocycles. The summed E-state index contributed by atoms with van der Waals surface area (Å²) in [5, 5.41) is 1.53. The molecule has 0 spiro atoms. The molecule has 10 heteroatoms. The summed E-state index contributed by atoms with van der Waals surface area (Å²) in [6.07, 6.45) is 5.64. The van der Waals surface area contributed by atoms with Crippen LogP contribution in [0.15, 0.2) is 24.3 Å². The van der Waals surface area contributed by atoms with Gasteiger partial charge in [-0.25, -0.2) is 0 Å². The first kappa shape index (κ1) is 32.1. The van der Waals surface area contributed by atoms with Crippen LogP contribution in [0.1, 0.15) is 39.5 Å². The molecule has 3 rings (SSSR count). The van der Waals surface area contributed by atoms with E-state index >= 15 is 0 Å². The number of rotatable bonds is 14. The Labute approximate surface area is 253 Å². The van der Waals surface area contributed by atoms with Crippen LogP contribution in [0.4, 0.5) is 0 Å². The first-order valence-corrected chi connectivity index (χ1v) is 20.9. The first-order valence-electron chi connectivity index (χ1n) is 12.6. The van der Waals surface area contributed by atoms with Crippen molar-refractivity contribution in [3.63, 3.8) is 0 Å². The lowest BCUT2D eigenvalue weighted by atomic mass is 9.84. The van der Waals surface area contributed by atoms with Crippen LogP contribution in [0.5, 0.6) is 0 Å². The van der Waals surface area contributed by atoms with Crippen LogP contribution in [0, 0.1) is 11.8 Å². The second-order valence-electron chi connectivity index (χ2n) is 9.76. The number of carbonyl (C=O) groups excluding carboxylic acids is 2. The van der Waals surface area contributed by atoms with Gasteiger partial charge in [0.1, 0.15) is 0 Å². The van der Waals surface area contributed by atoms with E-state index in [-0.39, 0.29) is 10.2 Å². The van der Waals surface area contributed by atoms with Crippen LogP contribution < -0.4 is 0 Å². The maximum absolute atomic E-state index is 11.8. The Kier molecular flexibility index (Phi) is 15.6. The lowest BCUT2D eigenvalue weighted by Gasteiger charge is -2.28. The van der Waals surface area contributed by atoms with E-state index in [1.807, 2.05) is 0 Å². The standard InChI is InChI=1S/C26H40O2S8/c1-17(2)25(27)33-13-21-11-31-23(35-21)15-29-9-19-5-7-20(8-6-19)10-30-16-24-32-12-22(36-24)14-34-26(28)18(3)4/h19-24H,1,3,5-16H2,2,4H3. The van der Waals surface area contributed by atoms with E-state index in [2.05, 4.69) is 83.7 Å². The molecule has 0 aromatic carbocycles. The van der Waals surface area contributed by atoms with Gasteiger partial charge in [-0.2, -0.15) is 23.5 Å². The molecule has 0 aromatic heterocycles. The first-order chi connectivity index (χ1) is 17.3. The second kappa shape index (κ2) is 17.4. The van der Waals surface area contributed by atoms with Crippen LogP contribution in [0.25, 0.3) is 0 Å². The molecular formula is C26H40O2S8. The lowest BCUT2D eigenvalue weighted by Crippen LogP contribution is -2.18. The molecular weight excluding hydrogens is 601 g/mol. The molecule has 2 nitrogen and oxygen atoms in total. The Morgan fingerprint density at radius 3 is 1.42 bits per heavy atom. The average Bonchev–Trinajstić information content (AvgIpc) is 3.51. The molecule has 0 radical (unpaired) electrons. The Morgan fingerprint density at radius 2 is 1.06 bits per heavy atom. The fraction of sp³-hybridized carbons (Fsp3) is 0.769. The van der Waals surface area contributed by atoms with Crippen LogP contribution in [0.3, 0.4) is 0 Å². The Balaban J connectivity index is 1.17. The van der Waals surface area contributed by atoms with E-state index in [0.29, 0.717) is 30.8 Å². The van der Waals surface area contributed by atoms with E-state index < -0.39 is 0 Å².